The van der Waals surface area contributed by atoms with Crippen molar-refractivity contribution in [1.29, 1.82) is 0 Å². The number of hydrogen-bond donors (Lipinski definition) is 2. The fraction of sp³-hybridized carbons (Fsp3) is 0.263. The fourth-order valence-corrected chi connectivity index (χ4v) is 3.99. The molecule has 0 unspecified atom stereocenters. The van der Waals surface area contributed by atoms with Crippen molar-refractivity contribution >= 4 is 34.1 Å². The van der Waals surface area contributed by atoms with Crippen LogP contribution in [0.5, 0.6) is 0 Å². The van der Waals surface area contributed by atoms with E-state index >= 15 is 0 Å². The second-order valence-corrected chi connectivity index (χ2v) is 7.36. The van der Waals surface area contributed by atoms with E-state index in [1.54, 1.807) is 17.5 Å². The number of anilines is 3. The zero-order chi connectivity index (χ0) is 18.6. The quantitative estimate of drug-likeness (QED) is 0.697. The normalized spacial score (nSPS) is 14.9. The van der Waals surface area contributed by atoms with Gasteiger partial charge in [-0.2, -0.15) is 0 Å². The monoisotopic (exact) mass is 381 g/mol. The number of aromatic nitrogens is 3. The lowest BCUT2D eigenvalue weighted by atomic mass is 9.98. The number of piperidine rings is 1. The van der Waals surface area contributed by atoms with Gasteiger partial charge in [0.1, 0.15) is 11.6 Å². The van der Waals surface area contributed by atoms with Gasteiger partial charge >= 0.3 is 5.97 Å². The average Bonchev–Trinajstić information content (AvgIpc) is 3.19. The number of carboxylic acid groups (broad SMARTS) is 1. The van der Waals surface area contributed by atoms with Gasteiger partial charge in [-0.3, -0.25) is 4.79 Å². The van der Waals surface area contributed by atoms with Crippen molar-refractivity contribution < 1.29 is 9.90 Å². The number of nitrogens with one attached hydrogen (secondary N) is 1. The van der Waals surface area contributed by atoms with Crippen LogP contribution in [0.3, 0.4) is 0 Å². The number of rotatable bonds is 5. The third-order valence-electron chi connectivity index (χ3n) is 4.53. The minimum atomic E-state index is -0.698. The van der Waals surface area contributed by atoms with Crippen molar-refractivity contribution in [2.24, 2.45) is 5.92 Å². The third kappa shape index (κ3) is 4.06. The molecule has 0 aliphatic carbocycles. The maximum Gasteiger partial charge on any atom is 0.306 e. The lowest BCUT2D eigenvalue weighted by molar-refractivity contribution is -0.142. The van der Waals surface area contributed by atoms with Gasteiger partial charge in [0.25, 0.3) is 0 Å². The van der Waals surface area contributed by atoms with Crippen molar-refractivity contribution in [3.8, 4) is 10.6 Å². The molecule has 3 aromatic rings. The molecule has 7 nitrogen and oxygen atoms in total. The summed E-state index contributed by atoms with van der Waals surface area (Å²) >= 11 is 1.58. The van der Waals surface area contributed by atoms with Crippen LogP contribution in [0, 0.1) is 5.92 Å². The summed E-state index contributed by atoms with van der Waals surface area (Å²) in [5.74, 6) is 0.532. The zero-order valence-corrected chi connectivity index (χ0v) is 15.4. The Balaban J connectivity index is 1.47. The Labute approximate surface area is 160 Å². The second-order valence-electron chi connectivity index (χ2n) is 6.35. The molecular weight excluding hydrogens is 362 g/mol. The van der Waals surface area contributed by atoms with Gasteiger partial charge < -0.3 is 15.3 Å². The van der Waals surface area contributed by atoms with Gasteiger partial charge in [-0.05, 0) is 37.1 Å². The van der Waals surface area contributed by atoms with Crippen molar-refractivity contribution in [2.75, 3.05) is 23.3 Å². The van der Waals surface area contributed by atoms with Crippen LogP contribution in [-0.2, 0) is 4.79 Å². The molecule has 4 rings (SSSR count). The van der Waals surface area contributed by atoms with Crippen LogP contribution < -0.4 is 10.2 Å². The minimum absolute atomic E-state index is 0.239. The highest BCUT2D eigenvalue weighted by atomic mass is 32.1. The first kappa shape index (κ1) is 17.4. The van der Waals surface area contributed by atoms with Gasteiger partial charge in [0, 0.05) is 25.5 Å². The van der Waals surface area contributed by atoms with Crippen LogP contribution in [0.15, 0.2) is 48.8 Å². The highest BCUT2D eigenvalue weighted by molar-refractivity contribution is 7.18. The maximum atomic E-state index is 11.1. The Morgan fingerprint density at radius 2 is 1.93 bits per heavy atom. The van der Waals surface area contributed by atoms with E-state index in [4.69, 9.17) is 5.11 Å². The first-order chi connectivity index (χ1) is 13.2. The van der Waals surface area contributed by atoms with E-state index in [9.17, 15) is 4.79 Å². The van der Waals surface area contributed by atoms with Crippen LogP contribution in [-0.4, -0.2) is 39.1 Å². The second kappa shape index (κ2) is 7.71. The molecule has 3 aromatic heterocycles. The predicted molar refractivity (Wildman–Crippen MR) is 105 cm³/mol. The maximum absolute atomic E-state index is 11.1. The smallest absolute Gasteiger partial charge is 0.306 e. The van der Waals surface area contributed by atoms with E-state index < -0.39 is 5.97 Å². The highest BCUT2D eigenvalue weighted by Crippen LogP contribution is 2.33. The van der Waals surface area contributed by atoms with Gasteiger partial charge in [-0.1, -0.05) is 23.5 Å². The van der Waals surface area contributed by atoms with Crippen molar-refractivity contribution in [2.45, 2.75) is 12.8 Å². The Morgan fingerprint density at radius 1 is 1.11 bits per heavy atom. The molecule has 138 valence electrons. The zero-order valence-electron chi connectivity index (χ0n) is 14.6. The van der Waals surface area contributed by atoms with Gasteiger partial charge in [0.2, 0.25) is 0 Å². The van der Waals surface area contributed by atoms with E-state index in [1.165, 1.54) is 0 Å². The molecule has 0 amide bonds. The molecule has 0 atom stereocenters. The molecule has 8 heteroatoms. The number of aliphatic carboxylic acids is 1. The average molecular weight is 381 g/mol. The molecule has 0 bridgehead atoms. The Morgan fingerprint density at radius 3 is 2.67 bits per heavy atom. The fourth-order valence-electron chi connectivity index (χ4n) is 3.06. The first-order valence-electron chi connectivity index (χ1n) is 8.78. The number of carboxylic acids is 1. The van der Waals surface area contributed by atoms with Crippen LogP contribution >= 0.6 is 11.3 Å². The van der Waals surface area contributed by atoms with Crippen molar-refractivity contribution in [1.82, 2.24) is 15.0 Å². The molecule has 0 radical (unpaired) electrons. The number of nitrogens with zero attached hydrogens (tertiary/aromatic N) is 4. The van der Waals surface area contributed by atoms with Crippen LogP contribution in [0.25, 0.3) is 10.6 Å². The molecule has 0 spiro atoms. The lowest BCUT2D eigenvalue weighted by Crippen LogP contribution is -2.36. The first-order valence-corrected chi connectivity index (χ1v) is 9.60. The van der Waals surface area contributed by atoms with Crippen LogP contribution in [0.1, 0.15) is 12.8 Å². The van der Waals surface area contributed by atoms with Crippen molar-refractivity contribution in [3.63, 3.8) is 0 Å². The number of hydrogen-bond acceptors (Lipinski definition) is 7. The molecular formula is C19H19N5O2S. The van der Waals surface area contributed by atoms with E-state index in [2.05, 4.69) is 25.2 Å². The van der Waals surface area contributed by atoms with E-state index in [0.717, 1.165) is 40.4 Å². The van der Waals surface area contributed by atoms with E-state index in [-0.39, 0.29) is 5.92 Å². The molecule has 1 fully saturated rings. The molecule has 27 heavy (non-hydrogen) atoms. The summed E-state index contributed by atoms with van der Waals surface area (Å²) in [5, 5.41) is 13.2. The summed E-state index contributed by atoms with van der Waals surface area (Å²) < 4.78 is 0. The molecule has 1 aliphatic heterocycles. The summed E-state index contributed by atoms with van der Waals surface area (Å²) in [4.78, 5) is 27.7. The van der Waals surface area contributed by atoms with Gasteiger partial charge in [0.05, 0.1) is 16.5 Å². The summed E-state index contributed by atoms with van der Waals surface area (Å²) in [6, 6.07) is 11.5. The largest absolute Gasteiger partial charge is 0.481 e. The summed E-state index contributed by atoms with van der Waals surface area (Å²) in [7, 11) is 0. The number of pyridine rings is 2. The van der Waals surface area contributed by atoms with Gasteiger partial charge in [-0.25, -0.2) is 15.0 Å². The van der Waals surface area contributed by atoms with E-state index in [1.807, 2.05) is 42.6 Å². The summed E-state index contributed by atoms with van der Waals surface area (Å²) in [5.41, 5.74) is 0.847. The Kier molecular flexibility index (Phi) is 4.97. The van der Waals surface area contributed by atoms with Gasteiger partial charge in [-0.15, -0.1) is 0 Å². The molecule has 2 N–H and O–H groups in total. The summed E-state index contributed by atoms with van der Waals surface area (Å²) in [6.07, 6.45) is 4.88. The topological polar surface area (TPSA) is 91.2 Å². The SMILES string of the molecule is O=C(O)C1CCN(c2ncc(-c3cccc(Nc4ccccn4)n3)s2)CC1. The molecule has 1 aliphatic rings. The van der Waals surface area contributed by atoms with Crippen LogP contribution in [0.2, 0.25) is 0 Å². The predicted octanol–water partition coefficient (Wildman–Crippen LogP) is 3.64. The molecule has 4 heterocycles. The standard InChI is InChI=1S/C19H19N5O2S/c25-18(26)13-7-10-24(11-8-13)19-21-12-15(27-19)14-4-3-6-17(22-14)23-16-5-1-2-9-20-16/h1-6,9,12-13H,7-8,10-11H2,(H,25,26)(H,20,22,23). The Bertz CT molecular complexity index is 923. The lowest BCUT2D eigenvalue weighted by Gasteiger charge is -2.29. The molecule has 1 saturated heterocycles. The summed E-state index contributed by atoms with van der Waals surface area (Å²) in [6.45, 7) is 1.44. The van der Waals surface area contributed by atoms with E-state index in [0.29, 0.717) is 12.8 Å². The van der Waals surface area contributed by atoms with Crippen LogP contribution in [0.4, 0.5) is 16.8 Å². The van der Waals surface area contributed by atoms with Gasteiger partial charge in [0.15, 0.2) is 5.13 Å². The number of carbonyl (C=O) groups is 1. The Hall–Kier alpha value is -3.00. The minimum Gasteiger partial charge on any atom is -0.481 e. The highest BCUT2D eigenvalue weighted by Gasteiger charge is 2.26. The number of thiazole rings is 1. The molecule has 0 saturated carbocycles. The third-order valence-corrected chi connectivity index (χ3v) is 5.61. The van der Waals surface area contributed by atoms with Crippen molar-refractivity contribution in [3.05, 3.63) is 48.8 Å². The molecule has 0 aromatic carbocycles.